The van der Waals surface area contributed by atoms with Crippen LogP contribution >= 0.6 is 0 Å². The fraction of sp³-hybridized carbons (Fsp3) is 0.273. The first-order chi connectivity index (χ1) is 18.9. The molecule has 0 unspecified atom stereocenters. The van der Waals surface area contributed by atoms with Crippen LogP contribution in [0.15, 0.2) is 84.9 Å². The van der Waals surface area contributed by atoms with Gasteiger partial charge in [-0.15, -0.1) is 0 Å². The van der Waals surface area contributed by atoms with Crippen molar-refractivity contribution in [1.29, 1.82) is 0 Å². The van der Waals surface area contributed by atoms with E-state index >= 15 is 0 Å². The molecule has 200 valence electrons. The van der Waals surface area contributed by atoms with Crippen LogP contribution in [0.4, 0.5) is 0 Å². The summed E-state index contributed by atoms with van der Waals surface area (Å²) in [7, 11) is 0. The minimum absolute atomic E-state index is 0.0525. The summed E-state index contributed by atoms with van der Waals surface area (Å²) in [5.41, 5.74) is 3.59. The highest BCUT2D eigenvalue weighted by Crippen LogP contribution is 2.34. The molecule has 4 aromatic carbocycles. The van der Waals surface area contributed by atoms with Crippen molar-refractivity contribution in [2.75, 3.05) is 13.2 Å². The molecule has 5 rings (SSSR count). The number of fused-ring (bicyclic) bond motifs is 1. The molecule has 1 heterocycles. The zero-order valence-corrected chi connectivity index (χ0v) is 22.1. The third kappa shape index (κ3) is 6.29. The molecule has 1 aliphatic heterocycles. The predicted molar refractivity (Wildman–Crippen MR) is 151 cm³/mol. The molecule has 39 heavy (non-hydrogen) atoms. The van der Waals surface area contributed by atoms with E-state index in [1.807, 2.05) is 61.5 Å². The molecule has 0 saturated carbocycles. The van der Waals surface area contributed by atoms with Crippen molar-refractivity contribution in [3.63, 3.8) is 0 Å². The Morgan fingerprint density at radius 1 is 0.923 bits per heavy atom. The normalized spacial score (nSPS) is 14.6. The van der Waals surface area contributed by atoms with Crippen molar-refractivity contribution in [3.8, 4) is 5.75 Å². The van der Waals surface area contributed by atoms with E-state index in [-0.39, 0.29) is 18.7 Å². The molecule has 4 aromatic rings. The quantitative estimate of drug-likeness (QED) is 0.274. The molecule has 1 amide bonds. The number of aliphatic carboxylic acids is 1. The smallest absolute Gasteiger partial charge is 0.303 e. The number of ether oxygens (including phenoxy) is 2. The third-order valence-electron chi connectivity index (χ3n) is 7.42. The number of aryl methyl sites for hydroxylation is 2. The molecule has 0 atom stereocenters. The van der Waals surface area contributed by atoms with Crippen molar-refractivity contribution >= 4 is 22.6 Å². The maximum absolute atomic E-state index is 14.0. The van der Waals surface area contributed by atoms with Crippen LogP contribution in [-0.4, -0.2) is 30.2 Å². The average molecular weight is 524 g/mol. The van der Waals surface area contributed by atoms with Crippen molar-refractivity contribution in [3.05, 3.63) is 113 Å². The Hall–Kier alpha value is -4.16. The summed E-state index contributed by atoms with van der Waals surface area (Å²) in [5, 5.41) is 14.9. The molecule has 6 heteroatoms. The van der Waals surface area contributed by atoms with Gasteiger partial charge in [-0.1, -0.05) is 60.7 Å². The molecule has 6 nitrogen and oxygen atoms in total. The number of hydrogen-bond acceptors (Lipinski definition) is 4. The molecule has 0 spiro atoms. The number of carboxylic acid groups (broad SMARTS) is 1. The lowest BCUT2D eigenvalue weighted by Gasteiger charge is -2.39. The van der Waals surface area contributed by atoms with Crippen molar-refractivity contribution in [1.82, 2.24) is 5.32 Å². The molecule has 0 aliphatic carbocycles. The Kier molecular flexibility index (Phi) is 7.94. The van der Waals surface area contributed by atoms with Gasteiger partial charge in [0.2, 0.25) is 0 Å². The first-order valence-corrected chi connectivity index (χ1v) is 13.3. The zero-order chi connectivity index (χ0) is 27.2. The highest BCUT2D eigenvalue weighted by atomic mass is 16.5. The summed E-state index contributed by atoms with van der Waals surface area (Å²) >= 11 is 0. The van der Waals surface area contributed by atoms with E-state index < -0.39 is 11.5 Å². The van der Waals surface area contributed by atoms with Gasteiger partial charge in [-0.3, -0.25) is 9.59 Å². The van der Waals surface area contributed by atoms with Crippen LogP contribution in [0, 0.1) is 6.92 Å². The molecular formula is C33H33NO5. The largest absolute Gasteiger partial charge is 0.489 e. The van der Waals surface area contributed by atoms with Crippen LogP contribution in [-0.2, 0) is 28.1 Å². The van der Waals surface area contributed by atoms with Gasteiger partial charge in [-0.05, 0) is 83.5 Å². The Bertz CT molecular complexity index is 1490. The molecule has 0 bridgehead atoms. The number of rotatable bonds is 9. The van der Waals surface area contributed by atoms with Crippen LogP contribution in [0.5, 0.6) is 5.75 Å². The second-order valence-electron chi connectivity index (χ2n) is 10.2. The van der Waals surface area contributed by atoms with Gasteiger partial charge in [0.25, 0.3) is 5.91 Å². The summed E-state index contributed by atoms with van der Waals surface area (Å²) in [6.07, 6.45) is 1.52. The fourth-order valence-corrected chi connectivity index (χ4v) is 5.23. The molecule has 1 fully saturated rings. The van der Waals surface area contributed by atoms with Gasteiger partial charge in [0.05, 0.1) is 5.54 Å². The minimum atomic E-state index is -0.898. The number of carbonyl (C=O) groups is 2. The van der Waals surface area contributed by atoms with Crippen LogP contribution in [0.25, 0.3) is 10.8 Å². The summed E-state index contributed by atoms with van der Waals surface area (Å²) < 4.78 is 11.7. The molecule has 0 aromatic heterocycles. The molecule has 1 saturated heterocycles. The highest BCUT2D eigenvalue weighted by Gasteiger charge is 2.36. The third-order valence-corrected chi connectivity index (χ3v) is 7.42. The number of benzene rings is 4. The van der Waals surface area contributed by atoms with Crippen LogP contribution in [0.1, 0.15) is 51.9 Å². The van der Waals surface area contributed by atoms with Gasteiger partial charge in [0.1, 0.15) is 12.4 Å². The highest BCUT2D eigenvalue weighted by molar-refractivity contribution is 5.97. The lowest BCUT2D eigenvalue weighted by molar-refractivity contribution is -0.136. The monoisotopic (exact) mass is 523 g/mol. The van der Waals surface area contributed by atoms with E-state index in [9.17, 15) is 14.7 Å². The average Bonchev–Trinajstić information content (AvgIpc) is 2.95. The van der Waals surface area contributed by atoms with E-state index in [1.165, 1.54) is 0 Å². The topological polar surface area (TPSA) is 84.9 Å². The van der Waals surface area contributed by atoms with Crippen LogP contribution < -0.4 is 10.1 Å². The lowest BCUT2D eigenvalue weighted by atomic mass is 9.81. The molecule has 1 aliphatic rings. The van der Waals surface area contributed by atoms with Crippen LogP contribution in [0.3, 0.4) is 0 Å². The van der Waals surface area contributed by atoms with Gasteiger partial charge >= 0.3 is 5.97 Å². The van der Waals surface area contributed by atoms with Crippen molar-refractivity contribution in [2.24, 2.45) is 0 Å². The fourth-order valence-electron chi connectivity index (χ4n) is 5.23. The van der Waals surface area contributed by atoms with Crippen molar-refractivity contribution in [2.45, 2.75) is 44.8 Å². The van der Waals surface area contributed by atoms with Gasteiger partial charge in [-0.25, -0.2) is 0 Å². The van der Waals surface area contributed by atoms with Gasteiger partial charge < -0.3 is 19.9 Å². The molecule has 0 radical (unpaired) electrons. The Morgan fingerprint density at radius 3 is 2.49 bits per heavy atom. The van der Waals surface area contributed by atoms with Gasteiger partial charge in [-0.2, -0.15) is 0 Å². The van der Waals surface area contributed by atoms with E-state index in [1.54, 1.807) is 0 Å². The standard InChI is InChI=1S/C33H33NO5/c1-23-5-4-8-29(19-23)39-22-24-9-10-26(12-14-31(35)36)30(20-24)32(37)34-33(15-17-38-18-16-33)28-13-11-25-6-2-3-7-27(25)21-28/h2-11,13,19-21H,12,14-18,22H2,1H3,(H,34,37)(H,35,36). The summed E-state index contributed by atoms with van der Waals surface area (Å²) in [4.78, 5) is 25.3. The lowest BCUT2D eigenvalue weighted by Crippen LogP contribution is -2.49. The Balaban J connectivity index is 1.45. The van der Waals surface area contributed by atoms with Gasteiger partial charge in [0.15, 0.2) is 0 Å². The van der Waals surface area contributed by atoms with Crippen molar-refractivity contribution < 1.29 is 24.2 Å². The molecule has 2 N–H and O–H groups in total. The summed E-state index contributed by atoms with van der Waals surface area (Å²) in [6.45, 7) is 3.40. The first-order valence-electron chi connectivity index (χ1n) is 13.3. The van der Waals surface area contributed by atoms with Crippen LogP contribution in [0.2, 0.25) is 0 Å². The number of amides is 1. The van der Waals surface area contributed by atoms with E-state index in [4.69, 9.17) is 9.47 Å². The van der Waals surface area contributed by atoms with E-state index in [0.717, 1.165) is 33.2 Å². The van der Waals surface area contributed by atoms with Gasteiger partial charge in [0, 0.05) is 25.2 Å². The number of carboxylic acids is 1. The Labute approximate surface area is 228 Å². The number of nitrogens with one attached hydrogen (secondary N) is 1. The molecular weight excluding hydrogens is 490 g/mol. The zero-order valence-electron chi connectivity index (χ0n) is 22.1. The summed E-state index contributed by atoms with van der Waals surface area (Å²) in [6, 6.07) is 27.9. The number of hydrogen-bond donors (Lipinski definition) is 2. The SMILES string of the molecule is Cc1cccc(OCc2ccc(CCC(=O)O)c(C(=O)NC3(c4ccc5ccccc5c4)CCOCC3)c2)c1. The maximum atomic E-state index is 14.0. The Morgan fingerprint density at radius 2 is 1.72 bits per heavy atom. The van der Waals surface area contributed by atoms with E-state index in [2.05, 4.69) is 35.6 Å². The first kappa shape index (κ1) is 26.4. The predicted octanol–water partition coefficient (Wildman–Crippen LogP) is 6.18. The second-order valence-corrected chi connectivity index (χ2v) is 10.2. The minimum Gasteiger partial charge on any atom is -0.489 e. The van der Waals surface area contributed by atoms with E-state index in [0.29, 0.717) is 43.8 Å². The summed E-state index contributed by atoms with van der Waals surface area (Å²) in [5.74, 6) is -0.360. The second kappa shape index (κ2) is 11.7. The maximum Gasteiger partial charge on any atom is 0.303 e. The number of carbonyl (C=O) groups excluding carboxylic acids is 1.